The fourth-order valence-corrected chi connectivity index (χ4v) is 2.79. The Labute approximate surface area is 107 Å². The monoisotopic (exact) mass is 244 g/mol. The highest BCUT2D eigenvalue weighted by Crippen LogP contribution is 2.38. The van der Waals surface area contributed by atoms with E-state index in [1.54, 1.807) is 12.1 Å². The molecule has 1 aromatic rings. The zero-order valence-corrected chi connectivity index (χ0v) is 10.2. The molecule has 0 spiro atoms. The molecular weight excluding hydrogens is 227 g/mol. The smallest absolute Gasteiger partial charge is 0.130 e. The molecule has 0 amide bonds. The Kier molecular flexibility index (Phi) is 3.05. The predicted octanol–water partition coefficient (Wildman–Crippen LogP) is 3.00. The zero-order chi connectivity index (χ0) is 12.4. The molecule has 0 fully saturated rings. The average molecular weight is 244 g/mol. The van der Waals surface area contributed by atoms with E-state index in [1.807, 2.05) is 18.3 Å². The maximum atomic E-state index is 13.8. The fraction of sp³-hybridized carbons (Fsp3) is 0.333. The van der Waals surface area contributed by atoms with Gasteiger partial charge in [0.05, 0.1) is 6.67 Å². The first-order valence-electron chi connectivity index (χ1n) is 6.46. The molecule has 3 heteroatoms. The van der Waals surface area contributed by atoms with Gasteiger partial charge in [-0.05, 0) is 36.8 Å². The lowest BCUT2D eigenvalue weighted by Crippen LogP contribution is -2.15. The highest BCUT2D eigenvalue weighted by atomic mass is 19.1. The van der Waals surface area contributed by atoms with E-state index in [2.05, 4.69) is 16.7 Å². The molecule has 0 saturated heterocycles. The van der Waals surface area contributed by atoms with Gasteiger partial charge in [-0.2, -0.15) is 0 Å². The molecule has 1 unspecified atom stereocenters. The molecule has 1 aromatic carbocycles. The molecule has 3 rings (SSSR count). The van der Waals surface area contributed by atoms with Crippen LogP contribution in [0.2, 0.25) is 0 Å². The third kappa shape index (κ3) is 2.13. The van der Waals surface area contributed by atoms with Crippen molar-refractivity contribution in [2.24, 2.45) is 5.92 Å². The van der Waals surface area contributed by atoms with E-state index in [0.29, 0.717) is 5.92 Å². The van der Waals surface area contributed by atoms with E-state index >= 15 is 0 Å². The lowest BCUT2D eigenvalue weighted by atomic mass is 9.91. The third-order valence-electron chi connectivity index (χ3n) is 3.66. The molecule has 2 nitrogen and oxygen atoms in total. The number of halogens is 1. The summed E-state index contributed by atoms with van der Waals surface area (Å²) < 4.78 is 13.8. The first kappa shape index (κ1) is 11.3. The minimum Gasteiger partial charge on any atom is -0.372 e. The van der Waals surface area contributed by atoms with Gasteiger partial charge in [0.15, 0.2) is 0 Å². The van der Waals surface area contributed by atoms with Gasteiger partial charge in [-0.15, -0.1) is 0 Å². The van der Waals surface area contributed by atoms with Crippen molar-refractivity contribution >= 4 is 5.57 Å². The van der Waals surface area contributed by atoms with Crippen molar-refractivity contribution in [3.8, 4) is 0 Å². The van der Waals surface area contributed by atoms with Gasteiger partial charge < -0.3 is 10.6 Å². The van der Waals surface area contributed by atoms with Crippen molar-refractivity contribution in [2.45, 2.75) is 19.3 Å². The van der Waals surface area contributed by atoms with Crippen LogP contribution in [0, 0.1) is 11.7 Å². The van der Waals surface area contributed by atoms with E-state index in [0.717, 1.165) is 31.5 Å². The second-order valence-electron chi connectivity index (χ2n) is 4.84. The first-order chi connectivity index (χ1) is 8.84. The van der Waals surface area contributed by atoms with Gasteiger partial charge in [0.2, 0.25) is 0 Å². The molecular formula is C15H17FN2. The molecule has 1 heterocycles. The Balaban J connectivity index is 1.81. The topological polar surface area (TPSA) is 24.1 Å². The summed E-state index contributed by atoms with van der Waals surface area (Å²) in [5, 5.41) is 6.44. The van der Waals surface area contributed by atoms with Gasteiger partial charge in [-0.3, -0.25) is 0 Å². The van der Waals surface area contributed by atoms with Crippen LogP contribution in [-0.2, 0) is 0 Å². The second-order valence-corrected chi connectivity index (χ2v) is 4.84. The summed E-state index contributed by atoms with van der Waals surface area (Å²) >= 11 is 0. The van der Waals surface area contributed by atoms with Crippen LogP contribution in [0.5, 0.6) is 0 Å². The first-order valence-corrected chi connectivity index (χ1v) is 6.46. The maximum absolute atomic E-state index is 13.8. The fourth-order valence-electron chi connectivity index (χ4n) is 2.79. The van der Waals surface area contributed by atoms with E-state index in [9.17, 15) is 4.39 Å². The van der Waals surface area contributed by atoms with E-state index in [1.165, 1.54) is 11.3 Å². The van der Waals surface area contributed by atoms with Gasteiger partial charge in [-0.1, -0.05) is 24.3 Å². The van der Waals surface area contributed by atoms with Crippen LogP contribution >= 0.6 is 0 Å². The zero-order valence-electron chi connectivity index (χ0n) is 10.2. The number of nitrogens with one attached hydrogen (secondary N) is 2. The van der Waals surface area contributed by atoms with Crippen LogP contribution < -0.4 is 10.6 Å². The average Bonchev–Trinajstić information content (AvgIpc) is 3.02. The maximum Gasteiger partial charge on any atom is 0.130 e. The molecule has 0 saturated carbocycles. The SMILES string of the molecule is Fc1ccccc1C1=CCCC1CC1=CNCN1. The summed E-state index contributed by atoms with van der Waals surface area (Å²) in [4.78, 5) is 0. The van der Waals surface area contributed by atoms with Gasteiger partial charge in [0, 0.05) is 17.5 Å². The van der Waals surface area contributed by atoms with Gasteiger partial charge in [0.1, 0.15) is 5.82 Å². The number of rotatable bonds is 3. The molecule has 94 valence electrons. The molecule has 0 aromatic heterocycles. The number of benzene rings is 1. The third-order valence-corrected chi connectivity index (χ3v) is 3.66. The van der Waals surface area contributed by atoms with Crippen LogP contribution in [-0.4, -0.2) is 6.67 Å². The van der Waals surface area contributed by atoms with Gasteiger partial charge >= 0.3 is 0 Å². The van der Waals surface area contributed by atoms with E-state index in [-0.39, 0.29) is 5.82 Å². The normalized spacial score (nSPS) is 22.2. The van der Waals surface area contributed by atoms with Crippen molar-refractivity contribution < 1.29 is 4.39 Å². The highest BCUT2D eigenvalue weighted by Gasteiger charge is 2.24. The molecule has 1 atom stereocenters. The van der Waals surface area contributed by atoms with Crippen LogP contribution in [0.4, 0.5) is 4.39 Å². The molecule has 2 N–H and O–H groups in total. The van der Waals surface area contributed by atoms with Crippen molar-refractivity contribution in [3.63, 3.8) is 0 Å². The molecule has 0 radical (unpaired) electrons. The minimum atomic E-state index is -0.109. The highest BCUT2D eigenvalue weighted by molar-refractivity contribution is 5.69. The summed E-state index contributed by atoms with van der Waals surface area (Å²) in [5.74, 6) is 0.322. The van der Waals surface area contributed by atoms with Gasteiger partial charge in [-0.25, -0.2) is 4.39 Å². The van der Waals surface area contributed by atoms with Crippen molar-refractivity contribution in [2.75, 3.05) is 6.67 Å². The van der Waals surface area contributed by atoms with Crippen LogP contribution in [0.25, 0.3) is 5.57 Å². The minimum absolute atomic E-state index is 0.109. The Bertz CT molecular complexity index is 505. The Morgan fingerprint density at radius 2 is 2.17 bits per heavy atom. The molecule has 1 aliphatic heterocycles. The van der Waals surface area contributed by atoms with E-state index in [4.69, 9.17) is 0 Å². The molecule has 1 aliphatic carbocycles. The number of allylic oxidation sites excluding steroid dienone is 3. The number of hydrogen-bond acceptors (Lipinski definition) is 2. The molecule has 0 bridgehead atoms. The summed E-state index contributed by atoms with van der Waals surface area (Å²) in [6, 6.07) is 7.08. The Hall–Kier alpha value is -1.77. The van der Waals surface area contributed by atoms with Crippen LogP contribution in [0.1, 0.15) is 24.8 Å². The number of hydrogen-bond donors (Lipinski definition) is 2. The second kappa shape index (κ2) is 4.84. The largest absolute Gasteiger partial charge is 0.372 e. The molecule has 18 heavy (non-hydrogen) atoms. The van der Waals surface area contributed by atoms with Crippen molar-refractivity contribution in [1.29, 1.82) is 0 Å². The van der Waals surface area contributed by atoms with Gasteiger partial charge in [0.25, 0.3) is 0 Å². The van der Waals surface area contributed by atoms with Crippen molar-refractivity contribution in [3.05, 3.63) is 53.6 Å². The van der Waals surface area contributed by atoms with Crippen LogP contribution in [0.3, 0.4) is 0 Å². The lowest BCUT2D eigenvalue weighted by Gasteiger charge is -2.16. The standard InChI is InChI=1S/C15H17FN2/c16-15-7-2-1-5-14(15)13-6-3-4-11(13)8-12-9-17-10-18-12/h1-2,5-7,9,11,17-18H,3-4,8,10H2. The lowest BCUT2D eigenvalue weighted by molar-refractivity contribution is 0.598. The van der Waals surface area contributed by atoms with Crippen molar-refractivity contribution in [1.82, 2.24) is 10.6 Å². The Morgan fingerprint density at radius 1 is 1.28 bits per heavy atom. The quantitative estimate of drug-likeness (QED) is 0.854. The summed E-state index contributed by atoms with van der Waals surface area (Å²) in [7, 11) is 0. The van der Waals surface area contributed by atoms with Crippen LogP contribution in [0.15, 0.2) is 42.2 Å². The Morgan fingerprint density at radius 3 is 2.94 bits per heavy atom. The van der Waals surface area contributed by atoms with E-state index < -0.39 is 0 Å². The molecule has 2 aliphatic rings. The summed E-state index contributed by atoms with van der Waals surface area (Å²) in [6.45, 7) is 0.806. The summed E-state index contributed by atoms with van der Waals surface area (Å²) in [6.07, 6.45) is 7.34. The predicted molar refractivity (Wildman–Crippen MR) is 70.9 cm³/mol. The summed E-state index contributed by atoms with van der Waals surface area (Å²) in [5.41, 5.74) is 3.17.